The first-order chi connectivity index (χ1) is 14.5. The minimum absolute atomic E-state index is 0.199. The molecular weight excluding hydrogens is 412 g/mol. The lowest BCUT2D eigenvalue weighted by Crippen LogP contribution is -2.61. The molecule has 10 atom stereocenters. The molecule has 0 aromatic heterocycles. The van der Waals surface area contributed by atoms with Gasteiger partial charge in [-0.1, -0.05) is 11.6 Å². The van der Waals surface area contributed by atoms with Gasteiger partial charge < -0.3 is 49.6 Å². The van der Waals surface area contributed by atoms with Crippen LogP contribution in [0.1, 0.15) is 40.0 Å². The molecule has 6 N–H and O–H groups in total. The maximum Gasteiger partial charge on any atom is 0.187 e. The summed E-state index contributed by atoms with van der Waals surface area (Å²) in [6.45, 7) is 5.11. The summed E-state index contributed by atoms with van der Waals surface area (Å²) in [6.07, 6.45) is -6.74. The van der Waals surface area contributed by atoms with Gasteiger partial charge in [-0.3, -0.25) is 0 Å². The molecule has 3 aliphatic rings. The van der Waals surface area contributed by atoms with Crippen molar-refractivity contribution in [2.45, 2.75) is 101 Å². The SMILES string of the molecule is CC1=CC[C@@H](C(C)(C)O[C@H]2O[C@@H](CO[C@@H]3O[C@H](CO)[C@H](O)[C@@H]3O)[C@H](O)[C@@H](O)[C@@H]2O)CC1. The van der Waals surface area contributed by atoms with E-state index in [4.69, 9.17) is 24.1 Å². The van der Waals surface area contributed by atoms with Crippen molar-refractivity contribution in [3.63, 3.8) is 0 Å². The van der Waals surface area contributed by atoms with E-state index in [0.29, 0.717) is 0 Å². The zero-order chi connectivity index (χ0) is 22.9. The fourth-order valence-electron chi connectivity index (χ4n) is 4.34. The van der Waals surface area contributed by atoms with Gasteiger partial charge in [0.25, 0.3) is 0 Å². The largest absolute Gasteiger partial charge is 0.394 e. The summed E-state index contributed by atoms with van der Waals surface area (Å²) in [7, 11) is 0. The highest BCUT2D eigenvalue weighted by Crippen LogP contribution is 2.37. The third kappa shape index (κ3) is 5.47. The van der Waals surface area contributed by atoms with Crippen LogP contribution in [0.5, 0.6) is 0 Å². The van der Waals surface area contributed by atoms with Crippen molar-refractivity contribution in [3.8, 4) is 0 Å². The van der Waals surface area contributed by atoms with E-state index in [0.717, 1.165) is 19.3 Å². The first-order valence-corrected chi connectivity index (χ1v) is 10.8. The number of rotatable bonds is 7. The van der Waals surface area contributed by atoms with Crippen molar-refractivity contribution >= 4 is 0 Å². The molecule has 2 saturated heterocycles. The van der Waals surface area contributed by atoms with Gasteiger partial charge in [-0.05, 0) is 46.0 Å². The summed E-state index contributed by atoms with van der Waals surface area (Å²) >= 11 is 0. The lowest BCUT2D eigenvalue weighted by molar-refractivity contribution is -0.334. The molecule has 0 radical (unpaired) electrons. The summed E-state index contributed by atoms with van der Waals surface area (Å²) in [4.78, 5) is 0. The van der Waals surface area contributed by atoms with E-state index in [1.807, 2.05) is 13.8 Å². The molecule has 1 aliphatic carbocycles. The van der Waals surface area contributed by atoms with Crippen LogP contribution in [-0.4, -0.2) is 105 Å². The molecule has 2 fully saturated rings. The van der Waals surface area contributed by atoms with Gasteiger partial charge in [-0.2, -0.15) is 0 Å². The topological polar surface area (TPSA) is 158 Å². The molecule has 0 spiro atoms. The average molecular weight is 449 g/mol. The predicted molar refractivity (Wildman–Crippen MR) is 107 cm³/mol. The van der Waals surface area contributed by atoms with E-state index in [2.05, 4.69) is 13.0 Å². The Morgan fingerprint density at radius 3 is 2.13 bits per heavy atom. The molecule has 10 heteroatoms. The second-order valence-electron chi connectivity index (χ2n) is 9.30. The van der Waals surface area contributed by atoms with Crippen LogP contribution in [0.3, 0.4) is 0 Å². The minimum Gasteiger partial charge on any atom is -0.394 e. The minimum atomic E-state index is -1.53. The highest BCUT2D eigenvalue weighted by atomic mass is 16.7. The Hall–Kier alpha value is -0.660. The highest BCUT2D eigenvalue weighted by Gasteiger charge is 2.49. The Balaban J connectivity index is 1.61. The van der Waals surface area contributed by atoms with Gasteiger partial charge in [0.1, 0.15) is 42.7 Å². The third-order valence-electron chi connectivity index (χ3n) is 6.63. The lowest BCUT2D eigenvalue weighted by atomic mass is 9.79. The van der Waals surface area contributed by atoms with Crippen molar-refractivity contribution in [1.82, 2.24) is 0 Å². The van der Waals surface area contributed by atoms with Crippen LogP contribution in [0.4, 0.5) is 0 Å². The maximum absolute atomic E-state index is 10.4. The Morgan fingerprint density at radius 1 is 0.935 bits per heavy atom. The molecule has 180 valence electrons. The Morgan fingerprint density at radius 2 is 1.55 bits per heavy atom. The highest BCUT2D eigenvalue weighted by molar-refractivity contribution is 5.05. The van der Waals surface area contributed by atoms with Crippen LogP contribution in [0.2, 0.25) is 0 Å². The van der Waals surface area contributed by atoms with Crippen molar-refractivity contribution in [2.75, 3.05) is 13.2 Å². The van der Waals surface area contributed by atoms with Crippen LogP contribution in [-0.2, 0) is 18.9 Å². The Labute approximate surface area is 182 Å². The molecule has 2 heterocycles. The van der Waals surface area contributed by atoms with Gasteiger partial charge in [0, 0.05) is 0 Å². The number of hydrogen-bond acceptors (Lipinski definition) is 10. The zero-order valence-corrected chi connectivity index (χ0v) is 18.2. The van der Waals surface area contributed by atoms with Crippen LogP contribution in [0.15, 0.2) is 11.6 Å². The summed E-state index contributed by atoms with van der Waals surface area (Å²) in [6, 6.07) is 0. The molecule has 0 amide bonds. The first-order valence-electron chi connectivity index (χ1n) is 10.8. The van der Waals surface area contributed by atoms with Gasteiger partial charge in [-0.15, -0.1) is 0 Å². The van der Waals surface area contributed by atoms with Gasteiger partial charge in [0.05, 0.1) is 18.8 Å². The quantitative estimate of drug-likeness (QED) is 0.261. The van der Waals surface area contributed by atoms with E-state index in [-0.39, 0.29) is 12.5 Å². The Bertz CT molecular complexity index is 625. The van der Waals surface area contributed by atoms with E-state index in [9.17, 15) is 25.5 Å². The van der Waals surface area contributed by atoms with Crippen molar-refractivity contribution in [3.05, 3.63) is 11.6 Å². The van der Waals surface area contributed by atoms with Crippen LogP contribution in [0, 0.1) is 5.92 Å². The Kier molecular flexibility index (Phi) is 8.12. The standard InChI is InChI=1S/C21H36O10/c1-10-4-6-11(7-5-10)21(2,3)31-20-18(27)16(25)15(24)13(30-20)9-28-19-17(26)14(23)12(8-22)29-19/h4,11-20,22-27H,5-9H2,1-3H3/t11-,12-,13+,14+,15+,16-,17+,18+,19-,20-/m1/s1. The fraction of sp³-hybridized carbons (Fsp3) is 0.905. The summed E-state index contributed by atoms with van der Waals surface area (Å²) in [5.41, 5.74) is 0.682. The summed E-state index contributed by atoms with van der Waals surface area (Å²) in [5.74, 6) is 0.199. The summed E-state index contributed by atoms with van der Waals surface area (Å²) in [5, 5.41) is 60.0. The molecule has 31 heavy (non-hydrogen) atoms. The molecule has 2 aliphatic heterocycles. The van der Waals surface area contributed by atoms with E-state index in [1.165, 1.54) is 5.57 Å². The number of allylic oxidation sites excluding steroid dienone is 2. The second kappa shape index (κ2) is 10.1. The molecule has 3 rings (SSSR count). The van der Waals surface area contributed by atoms with Crippen molar-refractivity contribution in [2.24, 2.45) is 5.92 Å². The third-order valence-corrected chi connectivity index (χ3v) is 6.63. The number of aliphatic hydroxyl groups is 6. The van der Waals surface area contributed by atoms with E-state index in [1.54, 1.807) is 0 Å². The lowest BCUT2D eigenvalue weighted by Gasteiger charge is -2.45. The van der Waals surface area contributed by atoms with Gasteiger partial charge in [0.2, 0.25) is 0 Å². The van der Waals surface area contributed by atoms with Crippen molar-refractivity contribution in [1.29, 1.82) is 0 Å². The second-order valence-corrected chi connectivity index (χ2v) is 9.30. The molecule has 0 aromatic carbocycles. The van der Waals surface area contributed by atoms with Crippen LogP contribution in [0.25, 0.3) is 0 Å². The molecule has 0 aromatic rings. The molecule has 0 saturated carbocycles. The predicted octanol–water partition coefficient (Wildman–Crippen LogP) is -1.21. The van der Waals surface area contributed by atoms with Gasteiger partial charge in [0.15, 0.2) is 12.6 Å². The smallest absolute Gasteiger partial charge is 0.187 e. The molecular formula is C21H36O10. The van der Waals surface area contributed by atoms with E-state index >= 15 is 0 Å². The maximum atomic E-state index is 10.4. The normalized spacial score (nSPS) is 44.4. The number of hydrogen-bond donors (Lipinski definition) is 6. The number of ether oxygens (including phenoxy) is 4. The first kappa shape index (κ1) is 25.0. The fourth-order valence-corrected chi connectivity index (χ4v) is 4.34. The van der Waals surface area contributed by atoms with Crippen LogP contribution >= 0.6 is 0 Å². The van der Waals surface area contributed by atoms with Gasteiger partial charge in [-0.25, -0.2) is 0 Å². The monoisotopic (exact) mass is 448 g/mol. The van der Waals surface area contributed by atoms with Crippen molar-refractivity contribution < 1.29 is 49.6 Å². The zero-order valence-electron chi connectivity index (χ0n) is 18.2. The van der Waals surface area contributed by atoms with E-state index < -0.39 is 67.5 Å². The van der Waals surface area contributed by atoms with Gasteiger partial charge >= 0.3 is 0 Å². The number of aliphatic hydroxyl groups excluding tert-OH is 6. The molecule has 0 unspecified atom stereocenters. The molecule has 0 bridgehead atoms. The average Bonchev–Trinajstić information content (AvgIpc) is 3.01. The molecule has 10 nitrogen and oxygen atoms in total. The van der Waals surface area contributed by atoms with Crippen LogP contribution < -0.4 is 0 Å². The summed E-state index contributed by atoms with van der Waals surface area (Å²) < 4.78 is 22.5.